The van der Waals surface area contributed by atoms with E-state index >= 15 is 0 Å². The molecule has 3 heteroatoms. The maximum Gasteiger partial charge on any atom is 0.306 e. The Bertz CT molecular complexity index is 772. The van der Waals surface area contributed by atoms with Crippen molar-refractivity contribution in [2.45, 2.75) is 64.4 Å². The highest BCUT2D eigenvalue weighted by atomic mass is 16.6. The van der Waals surface area contributed by atoms with Crippen LogP contribution < -0.4 is 0 Å². The molecule has 0 amide bonds. The molecular weight excluding hydrogens is 312 g/mol. The Labute approximate surface area is 149 Å². The van der Waals surface area contributed by atoms with Crippen molar-refractivity contribution in [1.82, 2.24) is 0 Å². The summed E-state index contributed by atoms with van der Waals surface area (Å²) in [6.45, 7) is 4.67. The number of allylic oxidation sites excluding steroid dienone is 6. The van der Waals surface area contributed by atoms with Crippen molar-refractivity contribution in [3.8, 4) is 0 Å². The molecule has 5 rings (SSSR count). The maximum atomic E-state index is 11.9. The molecule has 4 aliphatic carbocycles. The summed E-state index contributed by atoms with van der Waals surface area (Å²) in [5.41, 5.74) is 2.51. The van der Waals surface area contributed by atoms with Crippen LogP contribution in [0.3, 0.4) is 0 Å². The van der Waals surface area contributed by atoms with Crippen molar-refractivity contribution in [2.24, 2.45) is 22.7 Å². The van der Waals surface area contributed by atoms with Gasteiger partial charge in [0.1, 0.15) is 5.60 Å². The van der Waals surface area contributed by atoms with Gasteiger partial charge in [-0.25, -0.2) is 0 Å². The zero-order valence-electron chi connectivity index (χ0n) is 15.1. The van der Waals surface area contributed by atoms with Crippen molar-refractivity contribution in [3.63, 3.8) is 0 Å². The number of hydrogen-bond donors (Lipinski definition) is 0. The predicted octanol–water partition coefficient (Wildman–Crippen LogP) is 4.29. The summed E-state index contributed by atoms with van der Waals surface area (Å²) in [5.74, 6) is 1.20. The van der Waals surface area contributed by atoms with E-state index in [1.54, 1.807) is 0 Å². The largest absolute Gasteiger partial charge is 0.458 e. The van der Waals surface area contributed by atoms with Gasteiger partial charge in [0.15, 0.2) is 5.78 Å². The molecule has 3 nitrogen and oxygen atoms in total. The van der Waals surface area contributed by atoms with E-state index in [2.05, 4.69) is 32.1 Å². The molecule has 1 heterocycles. The minimum absolute atomic E-state index is 0.0107. The lowest BCUT2D eigenvalue weighted by molar-refractivity contribution is -0.159. The van der Waals surface area contributed by atoms with Gasteiger partial charge >= 0.3 is 5.97 Å². The summed E-state index contributed by atoms with van der Waals surface area (Å²) in [5, 5.41) is 0. The lowest BCUT2D eigenvalue weighted by atomic mass is 9.52. The molecule has 0 aromatic carbocycles. The lowest BCUT2D eigenvalue weighted by Gasteiger charge is -2.52. The molecule has 5 aliphatic rings. The molecule has 1 saturated carbocycles. The Morgan fingerprint density at radius 1 is 1.12 bits per heavy atom. The number of hydrogen-bond acceptors (Lipinski definition) is 3. The Hall–Kier alpha value is -1.64. The van der Waals surface area contributed by atoms with Gasteiger partial charge in [-0.15, -0.1) is 0 Å². The van der Waals surface area contributed by atoms with Gasteiger partial charge in [0, 0.05) is 29.6 Å². The van der Waals surface area contributed by atoms with Gasteiger partial charge in [-0.05, 0) is 49.7 Å². The van der Waals surface area contributed by atoms with Crippen LogP contribution in [0, 0.1) is 22.7 Å². The van der Waals surface area contributed by atoms with Gasteiger partial charge in [-0.3, -0.25) is 9.59 Å². The van der Waals surface area contributed by atoms with E-state index < -0.39 is 0 Å². The molecular formula is C22H26O3. The van der Waals surface area contributed by atoms with Crippen molar-refractivity contribution in [1.29, 1.82) is 0 Å². The zero-order chi connectivity index (χ0) is 17.4. The smallest absolute Gasteiger partial charge is 0.306 e. The number of carbonyl (C=O) groups excluding carboxylic acids is 2. The molecule has 5 atom stereocenters. The molecule has 1 spiro atoms. The molecule has 132 valence electrons. The average Bonchev–Trinajstić information content (AvgIpc) is 3.10. The quantitative estimate of drug-likeness (QED) is 0.489. The van der Waals surface area contributed by atoms with Crippen LogP contribution in [0.1, 0.15) is 58.8 Å². The lowest BCUT2D eigenvalue weighted by Crippen LogP contribution is -2.50. The number of rotatable bonds is 0. The Morgan fingerprint density at radius 2 is 1.96 bits per heavy atom. The van der Waals surface area contributed by atoms with E-state index in [0.29, 0.717) is 24.7 Å². The normalized spacial score (nSPS) is 47.8. The predicted molar refractivity (Wildman–Crippen MR) is 94.6 cm³/mol. The molecule has 25 heavy (non-hydrogen) atoms. The van der Waals surface area contributed by atoms with Crippen LogP contribution in [0.25, 0.3) is 0 Å². The first-order chi connectivity index (χ1) is 11.9. The van der Waals surface area contributed by atoms with E-state index in [1.807, 2.05) is 6.08 Å². The molecule has 0 bridgehead atoms. The first kappa shape index (κ1) is 15.6. The van der Waals surface area contributed by atoms with E-state index in [0.717, 1.165) is 32.1 Å². The standard InChI is InChI=1S/C22H26O3/c1-20-9-5-15(23)13-14(20)3-4-16-17(20)6-10-21(2)18(16)7-11-22(21)12-8-19(24)25-22/h3-4,6,13,16,18H,5,7-12H2,1-2H3/t16-,18+,20+,21+,22-/m0/s1. The number of esters is 1. The van der Waals surface area contributed by atoms with E-state index in [4.69, 9.17) is 4.74 Å². The fourth-order valence-corrected chi connectivity index (χ4v) is 6.62. The molecule has 0 aromatic rings. The number of carbonyl (C=O) groups is 2. The van der Waals surface area contributed by atoms with Gasteiger partial charge in [0.05, 0.1) is 0 Å². The van der Waals surface area contributed by atoms with E-state index in [9.17, 15) is 9.59 Å². The molecule has 1 aliphatic heterocycles. The first-order valence-corrected chi connectivity index (χ1v) is 9.74. The third kappa shape index (κ3) is 1.82. The first-order valence-electron chi connectivity index (χ1n) is 9.74. The second-order valence-corrected chi connectivity index (χ2v) is 9.18. The van der Waals surface area contributed by atoms with Crippen LogP contribution in [0.5, 0.6) is 0 Å². The summed E-state index contributed by atoms with van der Waals surface area (Å²) in [6.07, 6.45) is 15.0. The Balaban J connectivity index is 1.58. The van der Waals surface area contributed by atoms with Crippen LogP contribution in [-0.2, 0) is 14.3 Å². The van der Waals surface area contributed by atoms with Gasteiger partial charge in [0.25, 0.3) is 0 Å². The highest BCUT2D eigenvalue weighted by Gasteiger charge is 2.64. The van der Waals surface area contributed by atoms with Crippen molar-refractivity contribution < 1.29 is 14.3 Å². The number of ketones is 1. The Kier molecular flexibility index (Phi) is 2.96. The minimum Gasteiger partial charge on any atom is -0.458 e. The van der Waals surface area contributed by atoms with Crippen LogP contribution in [0.4, 0.5) is 0 Å². The summed E-state index contributed by atoms with van der Waals surface area (Å²) in [7, 11) is 0. The molecule has 0 unspecified atom stereocenters. The van der Waals surface area contributed by atoms with Gasteiger partial charge in [-0.1, -0.05) is 37.6 Å². The number of ether oxygens (including phenoxy) is 1. The molecule has 0 N–H and O–H groups in total. The van der Waals surface area contributed by atoms with Crippen LogP contribution >= 0.6 is 0 Å². The van der Waals surface area contributed by atoms with Crippen molar-refractivity contribution in [3.05, 3.63) is 35.5 Å². The average molecular weight is 338 g/mol. The highest BCUT2D eigenvalue weighted by Crippen LogP contribution is 2.66. The van der Waals surface area contributed by atoms with Crippen LogP contribution in [0.2, 0.25) is 0 Å². The molecule has 0 radical (unpaired) electrons. The molecule has 0 aromatic heterocycles. The van der Waals surface area contributed by atoms with Gasteiger partial charge in [-0.2, -0.15) is 0 Å². The summed E-state index contributed by atoms with van der Waals surface area (Å²) in [6, 6.07) is 0. The Morgan fingerprint density at radius 3 is 2.72 bits per heavy atom. The van der Waals surface area contributed by atoms with Crippen LogP contribution in [-0.4, -0.2) is 17.4 Å². The van der Waals surface area contributed by atoms with Gasteiger partial charge < -0.3 is 4.74 Å². The highest BCUT2D eigenvalue weighted by molar-refractivity contribution is 5.92. The fourth-order valence-electron chi connectivity index (χ4n) is 6.62. The molecule has 1 saturated heterocycles. The second kappa shape index (κ2) is 4.75. The summed E-state index contributed by atoms with van der Waals surface area (Å²) >= 11 is 0. The zero-order valence-corrected chi connectivity index (χ0v) is 15.1. The third-order valence-corrected chi connectivity index (χ3v) is 8.24. The summed E-state index contributed by atoms with van der Waals surface area (Å²) in [4.78, 5) is 23.8. The monoisotopic (exact) mass is 338 g/mol. The third-order valence-electron chi connectivity index (χ3n) is 8.24. The summed E-state index contributed by atoms with van der Waals surface area (Å²) < 4.78 is 5.96. The topological polar surface area (TPSA) is 43.4 Å². The van der Waals surface area contributed by atoms with Crippen molar-refractivity contribution in [2.75, 3.05) is 0 Å². The minimum atomic E-state index is -0.246. The number of fused-ring (bicyclic) bond motifs is 6. The van der Waals surface area contributed by atoms with Crippen LogP contribution in [0.15, 0.2) is 35.5 Å². The van der Waals surface area contributed by atoms with Crippen molar-refractivity contribution >= 4 is 11.8 Å². The molecule has 2 fully saturated rings. The SMILES string of the molecule is C[C@@]12CCC(=O)C=C1C=C[C@H]1C2=CC[C@]2(C)[C@@H]1CC[C@]21CCC(=O)O1. The van der Waals surface area contributed by atoms with E-state index in [-0.39, 0.29) is 28.2 Å². The maximum absolute atomic E-state index is 11.9. The fraction of sp³-hybridized carbons (Fsp3) is 0.636. The van der Waals surface area contributed by atoms with E-state index in [1.165, 1.54) is 11.1 Å². The van der Waals surface area contributed by atoms with Gasteiger partial charge in [0.2, 0.25) is 0 Å². The second-order valence-electron chi connectivity index (χ2n) is 9.18.